The molecule has 0 fully saturated rings. The average Bonchev–Trinajstić information content (AvgIpc) is 3.32. The predicted octanol–water partition coefficient (Wildman–Crippen LogP) is 7.64. The van der Waals surface area contributed by atoms with Crippen LogP contribution in [0.4, 0.5) is 0 Å². The maximum atomic E-state index is 12.6. The normalized spacial score (nSPS) is 14.2. The second-order valence-electron chi connectivity index (χ2n) is 12.8. The van der Waals surface area contributed by atoms with Gasteiger partial charge in [0.15, 0.2) is 0 Å². The summed E-state index contributed by atoms with van der Waals surface area (Å²) < 4.78 is 5.59. The fraction of sp³-hybridized carbons (Fsp3) is 0.571. The Morgan fingerprint density at radius 3 is 2.31 bits per heavy atom. The zero-order valence-corrected chi connectivity index (χ0v) is 25.2. The SMILES string of the molecule is CCCCCc1ccc(C2=Cc3c(CCCCCCOC(=O)C(C)(C)C(N)CC(C)(C)N)cccc3C2)cc1. The maximum Gasteiger partial charge on any atom is 0.313 e. The van der Waals surface area contributed by atoms with Gasteiger partial charge < -0.3 is 16.2 Å². The monoisotopic (exact) mass is 532 g/mol. The van der Waals surface area contributed by atoms with Gasteiger partial charge in [-0.1, -0.05) is 81.1 Å². The molecule has 1 aliphatic rings. The number of rotatable bonds is 16. The van der Waals surface area contributed by atoms with Crippen LogP contribution in [0.3, 0.4) is 0 Å². The molecule has 2 aromatic rings. The molecule has 0 spiro atoms. The third-order valence-corrected chi connectivity index (χ3v) is 8.15. The molecule has 0 amide bonds. The van der Waals surface area contributed by atoms with E-state index in [9.17, 15) is 4.79 Å². The fourth-order valence-corrected chi connectivity index (χ4v) is 5.40. The van der Waals surface area contributed by atoms with Gasteiger partial charge in [0.25, 0.3) is 0 Å². The zero-order chi connectivity index (χ0) is 28.5. The topological polar surface area (TPSA) is 78.3 Å². The Hall–Kier alpha value is -2.43. The van der Waals surface area contributed by atoms with Gasteiger partial charge in [-0.2, -0.15) is 0 Å². The second kappa shape index (κ2) is 14.3. The number of carbonyl (C=O) groups excluding carboxylic acids is 1. The average molecular weight is 533 g/mol. The molecule has 4 heteroatoms. The van der Waals surface area contributed by atoms with Crippen molar-refractivity contribution in [1.82, 2.24) is 0 Å². The smallest absolute Gasteiger partial charge is 0.313 e. The van der Waals surface area contributed by atoms with Crippen molar-refractivity contribution in [2.45, 2.75) is 117 Å². The Labute approximate surface area is 237 Å². The summed E-state index contributed by atoms with van der Waals surface area (Å²) in [4.78, 5) is 12.6. The van der Waals surface area contributed by atoms with Crippen LogP contribution in [0.15, 0.2) is 42.5 Å². The number of nitrogens with two attached hydrogens (primary N) is 2. The first-order valence-electron chi connectivity index (χ1n) is 15.1. The van der Waals surface area contributed by atoms with Gasteiger partial charge in [0.2, 0.25) is 0 Å². The number of ether oxygens (including phenoxy) is 1. The largest absolute Gasteiger partial charge is 0.465 e. The number of fused-ring (bicyclic) bond motifs is 1. The predicted molar refractivity (Wildman–Crippen MR) is 165 cm³/mol. The summed E-state index contributed by atoms with van der Waals surface area (Å²) in [7, 11) is 0. The Morgan fingerprint density at radius 1 is 0.923 bits per heavy atom. The van der Waals surface area contributed by atoms with E-state index < -0.39 is 11.0 Å². The minimum absolute atomic E-state index is 0.229. The van der Waals surface area contributed by atoms with Crippen LogP contribution in [0, 0.1) is 5.41 Å². The van der Waals surface area contributed by atoms with E-state index in [4.69, 9.17) is 16.2 Å². The molecule has 0 aromatic heterocycles. The number of hydrogen-bond acceptors (Lipinski definition) is 4. The highest BCUT2D eigenvalue weighted by atomic mass is 16.5. The van der Waals surface area contributed by atoms with Gasteiger partial charge in [0.1, 0.15) is 0 Å². The molecule has 0 heterocycles. The summed E-state index contributed by atoms with van der Waals surface area (Å²) in [5.74, 6) is -0.229. The van der Waals surface area contributed by atoms with Crippen molar-refractivity contribution in [3.63, 3.8) is 0 Å². The van der Waals surface area contributed by atoms with Crippen LogP contribution < -0.4 is 11.5 Å². The van der Waals surface area contributed by atoms with Crippen LogP contribution in [0.2, 0.25) is 0 Å². The van der Waals surface area contributed by atoms with Crippen molar-refractivity contribution in [3.8, 4) is 0 Å². The van der Waals surface area contributed by atoms with Gasteiger partial charge in [-0.15, -0.1) is 0 Å². The number of carbonyl (C=O) groups is 1. The molecule has 39 heavy (non-hydrogen) atoms. The van der Waals surface area contributed by atoms with Crippen molar-refractivity contribution in [3.05, 3.63) is 70.3 Å². The van der Waals surface area contributed by atoms with E-state index in [0.717, 1.165) is 38.5 Å². The van der Waals surface area contributed by atoms with E-state index in [-0.39, 0.29) is 12.0 Å². The van der Waals surface area contributed by atoms with Crippen molar-refractivity contribution in [2.75, 3.05) is 6.61 Å². The van der Waals surface area contributed by atoms with Crippen molar-refractivity contribution >= 4 is 17.6 Å². The minimum atomic E-state index is -0.743. The molecule has 1 aliphatic carbocycles. The molecule has 2 aromatic carbocycles. The summed E-state index contributed by atoms with van der Waals surface area (Å²) in [6.45, 7) is 10.3. The number of unbranched alkanes of at least 4 members (excludes halogenated alkanes) is 5. The Bertz CT molecular complexity index is 1090. The molecular formula is C35H52N2O2. The molecule has 214 valence electrons. The highest BCUT2D eigenvalue weighted by Crippen LogP contribution is 2.34. The number of benzene rings is 2. The molecule has 0 saturated carbocycles. The lowest BCUT2D eigenvalue weighted by Gasteiger charge is -2.33. The van der Waals surface area contributed by atoms with Gasteiger partial charge in [-0.3, -0.25) is 4.79 Å². The fourth-order valence-electron chi connectivity index (χ4n) is 5.40. The molecule has 0 saturated heterocycles. The van der Waals surface area contributed by atoms with E-state index in [1.165, 1.54) is 59.1 Å². The first-order chi connectivity index (χ1) is 18.5. The van der Waals surface area contributed by atoms with Crippen LogP contribution in [0.5, 0.6) is 0 Å². The number of allylic oxidation sites excluding steroid dienone is 1. The zero-order valence-electron chi connectivity index (χ0n) is 25.2. The Morgan fingerprint density at radius 2 is 1.62 bits per heavy atom. The molecule has 1 unspecified atom stereocenters. The third kappa shape index (κ3) is 9.32. The van der Waals surface area contributed by atoms with Gasteiger partial charge in [0.05, 0.1) is 12.0 Å². The van der Waals surface area contributed by atoms with E-state index in [1.54, 1.807) is 0 Å². The van der Waals surface area contributed by atoms with Crippen molar-refractivity contribution < 1.29 is 9.53 Å². The van der Waals surface area contributed by atoms with E-state index in [1.807, 2.05) is 27.7 Å². The summed E-state index contributed by atoms with van der Waals surface area (Å²) in [6.07, 6.45) is 14.3. The summed E-state index contributed by atoms with van der Waals surface area (Å²) >= 11 is 0. The molecule has 0 bridgehead atoms. The summed E-state index contributed by atoms with van der Waals surface area (Å²) in [5, 5.41) is 0. The summed E-state index contributed by atoms with van der Waals surface area (Å²) in [6, 6.07) is 15.7. The molecule has 4 nitrogen and oxygen atoms in total. The minimum Gasteiger partial charge on any atom is -0.465 e. The number of hydrogen-bond donors (Lipinski definition) is 2. The molecule has 0 aliphatic heterocycles. The third-order valence-electron chi connectivity index (χ3n) is 8.15. The lowest BCUT2D eigenvalue weighted by Crippen LogP contribution is -2.50. The van der Waals surface area contributed by atoms with Crippen LogP contribution in [-0.4, -0.2) is 24.2 Å². The van der Waals surface area contributed by atoms with Crippen LogP contribution >= 0.6 is 0 Å². The molecule has 3 rings (SSSR count). The van der Waals surface area contributed by atoms with Gasteiger partial charge in [0, 0.05) is 11.6 Å². The quantitative estimate of drug-likeness (QED) is 0.172. The van der Waals surface area contributed by atoms with E-state index in [2.05, 4.69) is 55.5 Å². The standard InChI is InChI=1S/C35H52N2O2/c1-6-7-10-14-26-18-20-27(21-19-26)30-23-29-17-13-16-28(31(29)24-30)15-11-8-9-12-22-39-33(38)35(4,5)32(36)25-34(2,3)37/h13,16-21,24,32H,6-12,14-15,22-23,25,36-37H2,1-5H3. The van der Waals surface area contributed by atoms with Gasteiger partial charge in [-0.25, -0.2) is 0 Å². The number of aryl methyl sites for hydroxylation is 2. The molecule has 0 radical (unpaired) electrons. The second-order valence-corrected chi connectivity index (χ2v) is 12.8. The lowest BCUT2D eigenvalue weighted by molar-refractivity contribution is -0.155. The number of esters is 1. The Kier molecular flexibility index (Phi) is 11.4. The highest BCUT2D eigenvalue weighted by molar-refractivity contribution is 5.89. The maximum absolute atomic E-state index is 12.6. The van der Waals surface area contributed by atoms with Crippen molar-refractivity contribution in [2.24, 2.45) is 16.9 Å². The molecule has 4 N–H and O–H groups in total. The van der Waals surface area contributed by atoms with Gasteiger partial charge in [-0.05, 0) is 106 Å². The first-order valence-corrected chi connectivity index (χ1v) is 15.1. The molecule has 1 atom stereocenters. The highest BCUT2D eigenvalue weighted by Gasteiger charge is 2.38. The molecular weight excluding hydrogens is 480 g/mol. The van der Waals surface area contributed by atoms with Crippen LogP contribution in [0.25, 0.3) is 11.6 Å². The summed E-state index contributed by atoms with van der Waals surface area (Å²) in [5.41, 5.74) is 19.8. The van der Waals surface area contributed by atoms with Crippen LogP contribution in [-0.2, 0) is 28.8 Å². The first kappa shape index (κ1) is 31.1. The lowest BCUT2D eigenvalue weighted by atomic mass is 9.79. The van der Waals surface area contributed by atoms with Gasteiger partial charge >= 0.3 is 5.97 Å². The van der Waals surface area contributed by atoms with E-state index in [0.29, 0.717) is 13.0 Å². The Balaban J connectivity index is 1.42. The van der Waals surface area contributed by atoms with E-state index >= 15 is 0 Å². The van der Waals surface area contributed by atoms with Crippen molar-refractivity contribution in [1.29, 1.82) is 0 Å². The van der Waals surface area contributed by atoms with Crippen LogP contribution in [0.1, 0.15) is 114 Å².